The number of halogens is 1. The normalized spacial score (nSPS) is 12.2. The lowest BCUT2D eigenvalue weighted by Gasteiger charge is -2.24. The average molecular weight is 423 g/mol. The molecule has 0 atom stereocenters. The van der Waals surface area contributed by atoms with Crippen molar-refractivity contribution in [3.63, 3.8) is 0 Å². The lowest BCUT2D eigenvalue weighted by molar-refractivity contribution is -0.121. The van der Waals surface area contributed by atoms with Crippen molar-refractivity contribution in [1.82, 2.24) is 9.62 Å². The van der Waals surface area contributed by atoms with Crippen molar-refractivity contribution < 1.29 is 13.2 Å². The Labute approximate surface area is 172 Å². The number of carbonyl (C=O) groups excluding carboxylic acids is 1. The molecule has 0 aliphatic carbocycles. The highest BCUT2D eigenvalue weighted by molar-refractivity contribution is 7.89. The number of aryl methyl sites for hydroxylation is 1. The molecule has 152 valence electrons. The highest BCUT2D eigenvalue weighted by Gasteiger charge is 2.27. The summed E-state index contributed by atoms with van der Waals surface area (Å²) in [5.41, 5.74) is 1.80. The average Bonchev–Trinajstić information content (AvgIpc) is 2.61. The SMILES string of the molecule is Cc1ccc(CN(CC(=O)NCC(C)(C)C)S(=O)(=O)c2ccc(Cl)cc2)cc1. The molecule has 1 amide bonds. The zero-order chi connectivity index (χ0) is 20.9. The van der Waals surface area contributed by atoms with Gasteiger partial charge < -0.3 is 5.32 Å². The fourth-order valence-corrected chi connectivity index (χ4v) is 3.97. The Balaban J connectivity index is 2.28. The van der Waals surface area contributed by atoms with Gasteiger partial charge in [-0.1, -0.05) is 62.2 Å². The van der Waals surface area contributed by atoms with Crippen molar-refractivity contribution in [2.24, 2.45) is 5.41 Å². The van der Waals surface area contributed by atoms with Crippen molar-refractivity contribution >= 4 is 27.5 Å². The zero-order valence-electron chi connectivity index (χ0n) is 16.7. The molecular formula is C21H27ClN2O3S. The molecular weight excluding hydrogens is 396 g/mol. The molecule has 0 aromatic heterocycles. The molecule has 0 aliphatic heterocycles. The van der Waals surface area contributed by atoms with Crippen LogP contribution < -0.4 is 5.32 Å². The molecule has 2 aromatic carbocycles. The van der Waals surface area contributed by atoms with E-state index in [1.165, 1.54) is 28.6 Å². The van der Waals surface area contributed by atoms with Gasteiger partial charge in [-0.3, -0.25) is 4.79 Å². The number of nitrogens with zero attached hydrogens (tertiary/aromatic N) is 1. The first kappa shape index (κ1) is 22.4. The van der Waals surface area contributed by atoms with Crippen LogP contribution in [-0.4, -0.2) is 31.7 Å². The van der Waals surface area contributed by atoms with Crippen molar-refractivity contribution in [2.45, 2.75) is 39.1 Å². The van der Waals surface area contributed by atoms with Gasteiger partial charge in [0.2, 0.25) is 15.9 Å². The van der Waals surface area contributed by atoms with Crippen molar-refractivity contribution in [3.05, 3.63) is 64.7 Å². The van der Waals surface area contributed by atoms with Gasteiger partial charge in [0.15, 0.2) is 0 Å². The van der Waals surface area contributed by atoms with Crippen LogP contribution in [0.4, 0.5) is 0 Å². The minimum Gasteiger partial charge on any atom is -0.354 e. The summed E-state index contributed by atoms with van der Waals surface area (Å²) >= 11 is 5.88. The Morgan fingerprint density at radius 2 is 1.61 bits per heavy atom. The van der Waals surface area contributed by atoms with E-state index in [9.17, 15) is 13.2 Å². The molecule has 0 saturated carbocycles. The lowest BCUT2D eigenvalue weighted by atomic mass is 9.97. The minimum absolute atomic E-state index is 0.0908. The number of benzene rings is 2. The molecule has 0 heterocycles. The van der Waals surface area contributed by atoms with Crippen LogP contribution in [0.25, 0.3) is 0 Å². The van der Waals surface area contributed by atoms with E-state index in [4.69, 9.17) is 11.6 Å². The molecule has 28 heavy (non-hydrogen) atoms. The van der Waals surface area contributed by atoms with Crippen molar-refractivity contribution in [3.8, 4) is 0 Å². The summed E-state index contributed by atoms with van der Waals surface area (Å²) in [6.07, 6.45) is 0. The Morgan fingerprint density at radius 3 is 2.14 bits per heavy atom. The maximum Gasteiger partial charge on any atom is 0.243 e. The summed E-state index contributed by atoms with van der Waals surface area (Å²) in [6, 6.07) is 13.5. The van der Waals surface area contributed by atoms with Gasteiger partial charge in [0.25, 0.3) is 0 Å². The Hall–Kier alpha value is -1.89. The van der Waals surface area contributed by atoms with Gasteiger partial charge in [0.1, 0.15) is 0 Å². The van der Waals surface area contributed by atoms with Gasteiger partial charge in [-0.05, 0) is 42.2 Å². The van der Waals surface area contributed by atoms with Gasteiger partial charge in [-0.25, -0.2) is 8.42 Å². The van der Waals surface area contributed by atoms with E-state index in [0.29, 0.717) is 11.6 Å². The standard InChI is InChI=1S/C21H27ClN2O3S/c1-16-5-7-17(8-6-16)13-24(14-20(25)23-15-21(2,3)4)28(26,27)19-11-9-18(22)10-12-19/h5-12H,13-15H2,1-4H3,(H,23,25). The van der Waals surface area contributed by atoms with Gasteiger partial charge in [0, 0.05) is 18.1 Å². The van der Waals surface area contributed by atoms with E-state index in [1.54, 1.807) is 0 Å². The summed E-state index contributed by atoms with van der Waals surface area (Å²) in [5, 5.41) is 3.27. The van der Waals surface area contributed by atoms with Crippen LogP contribution in [0.3, 0.4) is 0 Å². The zero-order valence-corrected chi connectivity index (χ0v) is 18.3. The van der Waals surface area contributed by atoms with Crippen molar-refractivity contribution in [2.75, 3.05) is 13.1 Å². The Morgan fingerprint density at radius 1 is 1.04 bits per heavy atom. The van der Waals surface area contributed by atoms with Gasteiger partial charge in [-0.15, -0.1) is 0 Å². The quantitative estimate of drug-likeness (QED) is 0.733. The highest BCUT2D eigenvalue weighted by Crippen LogP contribution is 2.21. The Bertz CT molecular complexity index is 902. The second-order valence-electron chi connectivity index (χ2n) is 8.05. The van der Waals surface area contributed by atoms with Crippen LogP contribution >= 0.6 is 11.6 Å². The molecule has 1 N–H and O–H groups in total. The van der Waals surface area contributed by atoms with Crippen molar-refractivity contribution in [1.29, 1.82) is 0 Å². The van der Waals surface area contributed by atoms with E-state index in [-0.39, 0.29) is 29.3 Å². The van der Waals surface area contributed by atoms with E-state index in [1.807, 2.05) is 52.0 Å². The third kappa shape index (κ3) is 6.62. The molecule has 5 nitrogen and oxygen atoms in total. The Kier molecular flexibility index (Phi) is 7.26. The van der Waals surface area contributed by atoms with E-state index < -0.39 is 10.0 Å². The lowest BCUT2D eigenvalue weighted by Crippen LogP contribution is -2.42. The second kappa shape index (κ2) is 9.07. The van der Waals surface area contributed by atoms with Crippen LogP contribution in [0.2, 0.25) is 5.02 Å². The van der Waals surface area contributed by atoms with Crippen LogP contribution in [0.15, 0.2) is 53.4 Å². The van der Waals surface area contributed by atoms with Crippen LogP contribution in [0.5, 0.6) is 0 Å². The van der Waals surface area contributed by atoms with Gasteiger partial charge >= 0.3 is 0 Å². The minimum atomic E-state index is -3.86. The molecule has 0 fully saturated rings. The predicted octanol–water partition coefficient (Wildman–Crippen LogP) is 4.00. The first-order valence-electron chi connectivity index (χ1n) is 9.05. The number of amides is 1. The van der Waals surface area contributed by atoms with Crippen LogP contribution in [0, 0.1) is 12.3 Å². The van der Waals surface area contributed by atoms with Crippen LogP contribution in [-0.2, 0) is 21.4 Å². The maximum atomic E-state index is 13.2. The number of carbonyl (C=O) groups is 1. The topological polar surface area (TPSA) is 66.5 Å². The number of sulfonamides is 1. The van der Waals surface area contributed by atoms with E-state index in [0.717, 1.165) is 11.1 Å². The summed E-state index contributed by atoms with van der Waals surface area (Å²) in [6.45, 7) is 8.28. The number of rotatable bonds is 7. The third-order valence-electron chi connectivity index (χ3n) is 4.07. The largest absolute Gasteiger partial charge is 0.354 e. The molecule has 0 bridgehead atoms. The number of nitrogens with one attached hydrogen (secondary N) is 1. The molecule has 7 heteroatoms. The van der Waals surface area contributed by atoms with Gasteiger partial charge in [0.05, 0.1) is 11.4 Å². The first-order valence-corrected chi connectivity index (χ1v) is 10.9. The predicted molar refractivity (Wildman–Crippen MR) is 113 cm³/mol. The smallest absolute Gasteiger partial charge is 0.243 e. The molecule has 0 radical (unpaired) electrons. The summed E-state index contributed by atoms with van der Waals surface area (Å²) in [7, 11) is -3.86. The van der Waals surface area contributed by atoms with E-state index >= 15 is 0 Å². The highest BCUT2D eigenvalue weighted by atomic mass is 35.5. The maximum absolute atomic E-state index is 13.2. The molecule has 0 saturated heterocycles. The molecule has 0 spiro atoms. The number of hydrogen-bond acceptors (Lipinski definition) is 3. The van der Waals surface area contributed by atoms with E-state index in [2.05, 4.69) is 5.32 Å². The molecule has 2 rings (SSSR count). The molecule has 0 unspecified atom stereocenters. The summed E-state index contributed by atoms with van der Waals surface area (Å²) < 4.78 is 27.5. The van der Waals surface area contributed by atoms with Crippen LogP contribution in [0.1, 0.15) is 31.9 Å². The molecule has 2 aromatic rings. The summed E-state index contributed by atoms with van der Waals surface area (Å²) in [4.78, 5) is 12.5. The van der Waals surface area contributed by atoms with Gasteiger partial charge in [-0.2, -0.15) is 4.31 Å². The molecule has 0 aliphatic rings. The monoisotopic (exact) mass is 422 g/mol. The fourth-order valence-electron chi connectivity index (χ4n) is 2.46. The fraction of sp³-hybridized carbons (Fsp3) is 0.381. The summed E-state index contributed by atoms with van der Waals surface area (Å²) in [5.74, 6) is -0.334. The second-order valence-corrected chi connectivity index (χ2v) is 10.4. The third-order valence-corrected chi connectivity index (χ3v) is 6.12. The first-order chi connectivity index (χ1) is 13.0. The number of hydrogen-bond donors (Lipinski definition) is 1.